The van der Waals surface area contributed by atoms with Crippen molar-refractivity contribution in [3.8, 4) is 33.4 Å². The molecule has 12 aromatic carbocycles. The first-order valence-corrected chi connectivity index (χ1v) is 20.5. The Morgan fingerprint density at radius 1 is 0.220 bits per heavy atom. The van der Waals surface area contributed by atoms with E-state index in [2.05, 4.69) is 231 Å². The summed E-state index contributed by atoms with van der Waals surface area (Å²) in [6, 6.07) is 81.7. The van der Waals surface area contributed by atoms with Gasteiger partial charge >= 0.3 is 0 Å². The lowest BCUT2D eigenvalue weighted by molar-refractivity contribution is 1.53. The Labute approximate surface area is 344 Å². The first-order valence-electron chi connectivity index (χ1n) is 20.5. The maximum Gasteiger partial charge on any atom is -0.00262 e. The second-order valence-corrected chi connectivity index (χ2v) is 15.7. The fourth-order valence-corrected chi connectivity index (χ4v) is 9.33. The van der Waals surface area contributed by atoms with Gasteiger partial charge in [-0.1, -0.05) is 200 Å². The number of rotatable bonds is 3. The lowest BCUT2D eigenvalue weighted by Gasteiger charge is -2.18. The third-order valence-electron chi connectivity index (χ3n) is 12.2. The van der Waals surface area contributed by atoms with Crippen LogP contribution in [0.15, 0.2) is 224 Å². The summed E-state index contributed by atoms with van der Waals surface area (Å²) in [5.74, 6) is 0. The molecule has 59 heavy (non-hydrogen) atoms. The predicted octanol–water partition coefficient (Wildman–Crippen LogP) is 16.8. The molecule has 0 saturated carbocycles. The first-order chi connectivity index (χ1) is 29.2. The van der Waals surface area contributed by atoms with E-state index in [1.807, 2.05) is 0 Å². The van der Waals surface area contributed by atoms with Crippen LogP contribution in [0.25, 0.3) is 109 Å². The molecular weight excluding hydrogens is 709 g/mol. The normalized spacial score (nSPS) is 11.5. The van der Waals surface area contributed by atoms with Gasteiger partial charge in [-0.15, -0.1) is 0 Å². The summed E-state index contributed by atoms with van der Waals surface area (Å²) in [5.41, 5.74) is 9.07. The third-order valence-corrected chi connectivity index (χ3v) is 12.2. The molecular formula is C59H40. The Morgan fingerprint density at radius 2 is 0.610 bits per heavy atom. The first kappa shape index (κ1) is 34.7. The van der Waals surface area contributed by atoms with Crippen LogP contribution >= 0.6 is 0 Å². The maximum atomic E-state index is 2.33. The molecule has 276 valence electrons. The van der Waals surface area contributed by atoms with E-state index in [1.165, 1.54) is 114 Å². The largest absolute Gasteiger partial charge is 0.0616 e. The molecule has 12 rings (SSSR count). The van der Waals surface area contributed by atoms with Crippen molar-refractivity contribution < 1.29 is 0 Å². The number of benzene rings is 12. The highest BCUT2D eigenvalue weighted by molar-refractivity contribution is 6.22. The Hall–Kier alpha value is -7.54. The number of hydrogen-bond acceptors (Lipinski definition) is 0. The summed E-state index contributed by atoms with van der Waals surface area (Å²) in [6.07, 6.45) is 0. The van der Waals surface area contributed by atoms with Crippen LogP contribution in [0.1, 0.15) is 5.56 Å². The van der Waals surface area contributed by atoms with Crippen LogP contribution in [0.2, 0.25) is 0 Å². The van der Waals surface area contributed by atoms with Gasteiger partial charge in [0, 0.05) is 0 Å². The monoisotopic (exact) mass is 748 g/mol. The van der Waals surface area contributed by atoms with Crippen molar-refractivity contribution in [3.05, 3.63) is 230 Å². The Balaban J connectivity index is 0.000000141. The third kappa shape index (κ3) is 6.09. The van der Waals surface area contributed by atoms with E-state index in [0.717, 1.165) is 0 Å². The van der Waals surface area contributed by atoms with E-state index in [4.69, 9.17) is 0 Å². The minimum Gasteiger partial charge on any atom is -0.0616 e. The summed E-state index contributed by atoms with van der Waals surface area (Å²) in [7, 11) is 0. The SMILES string of the molecule is Cc1ccc(-c2cccc3cc4ccccc4cc23)c2ccccc12.c1ccc2cc(-c3c4ccccc4c(-c4ccc5ccccc5c4)c4ccccc34)ccc2c1. The zero-order chi connectivity index (χ0) is 39.3. The van der Waals surface area contributed by atoms with Gasteiger partial charge in [0.05, 0.1) is 0 Å². The lowest BCUT2D eigenvalue weighted by atomic mass is 9.85. The van der Waals surface area contributed by atoms with E-state index < -0.39 is 0 Å². The van der Waals surface area contributed by atoms with Crippen LogP contribution in [-0.2, 0) is 0 Å². The van der Waals surface area contributed by atoms with Gasteiger partial charge in [-0.25, -0.2) is 0 Å². The second-order valence-electron chi connectivity index (χ2n) is 15.7. The molecule has 0 atom stereocenters. The zero-order valence-electron chi connectivity index (χ0n) is 32.9. The van der Waals surface area contributed by atoms with E-state index in [1.54, 1.807) is 0 Å². The lowest BCUT2D eigenvalue weighted by Crippen LogP contribution is -1.91. The molecule has 0 heterocycles. The highest BCUT2D eigenvalue weighted by Crippen LogP contribution is 2.44. The standard InChI is InChI=1S/C34H22.C25H18/c1-3-11-25-21-27(19-17-23(25)9-1)33-29-13-5-7-15-31(29)34(32-16-8-6-14-30(32)33)28-20-18-24-10-2-4-12-26(24)22-28;1-17-13-14-24(22-11-5-4-10-21(17)22)23-12-6-9-20-15-18-7-2-3-8-19(18)16-25(20)23/h1-22H;2-16H,1H3. The smallest absolute Gasteiger partial charge is 0.00262 e. The van der Waals surface area contributed by atoms with E-state index in [9.17, 15) is 0 Å². The topological polar surface area (TPSA) is 0 Å². The van der Waals surface area contributed by atoms with Gasteiger partial charge < -0.3 is 0 Å². The highest BCUT2D eigenvalue weighted by atomic mass is 14.2. The minimum absolute atomic E-state index is 1.26. The molecule has 0 radical (unpaired) electrons. The Kier molecular flexibility index (Phi) is 8.49. The molecule has 0 fully saturated rings. The van der Waals surface area contributed by atoms with Crippen molar-refractivity contribution in [2.45, 2.75) is 6.92 Å². The molecule has 0 bridgehead atoms. The maximum absolute atomic E-state index is 2.33. The minimum atomic E-state index is 1.26. The van der Waals surface area contributed by atoms with Gasteiger partial charge in [0.1, 0.15) is 0 Å². The van der Waals surface area contributed by atoms with Gasteiger partial charge in [-0.2, -0.15) is 0 Å². The zero-order valence-corrected chi connectivity index (χ0v) is 32.9. The van der Waals surface area contributed by atoms with Crippen LogP contribution in [0.5, 0.6) is 0 Å². The van der Waals surface area contributed by atoms with E-state index in [-0.39, 0.29) is 0 Å². The Bertz CT molecular complexity index is 3380. The van der Waals surface area contributed by atoms with Crippen molar-refractivity contribution in [1.82, 2.24) is 0 Å². The molecule has 0 spiro atoms. The number of hydrogen-bond donors (Lipinski definition) is 0. The molecule has 0 unspecified atom stereocenters. The number of fused-ring (bicyclic) bond motifs is 7. The molecule has 0 heteroatoms. The quantitative estimate of drug-likeness (QED) is 0.158. The molecule has 0 aliphatic rings. The molecule has 0 aliphatic carbocycles. The fourth-order valence-electron chi connectivity index (χ4n) is 9.33. The van der Waals surface area contributed by atoms with Crippen molar-refractivity contribution in [2.75, 3.05) is 0 Å². The van der Waals surface area contributed by atoms with Crippen LogP contribution in [-0.4, -0.2) is 0 Å². The summed E-state index contributed by atoms with van der Waals surface area (Å²) in [4.78, 5) is 0. The average molecular weight is 749 g/mol. The van der Waals surface area contributed by atoms with E-state index >= 15 is 0 Å². The molecule has 0 amide bonds. The summed E-state index contributed by atoms with van der Waals surface area (Å²) in [5, 5.41) is 18.1. The van der Waals surface area contributed by atoms with Crippen LogP contribution in [0.4, 0.5) is 0 Å². The van der Waals surface area contributed by atoms with Gasteiger partial charge in [-0.05, 0) is 146 Å². The van der Waals surface area contributed by atoms with Crippen LogP contribution in [0.3, 0.4) is 0 Å². The summed E-state index contributed by atoms with van der Waals surface area (Å²) < 4.78 is 0. The van der Waals surface area contributed by atoms with Gasteiger partial charge in [0.25, 0.3) is 0 Å². The predicted molar refractivity (Wildman–Crippen MR) is 256 cm³/mol. The molecule has 0 nitrogen and oxygen atoms in total. The van der Waals surface area contributed by atoms with Crippen LogP contribution in [0, 0.1) is 6.92 Å². The average Bonchev–Trinajstić information content (AvgIpc) is 3.30. The molecule has 0 aliphatic heterocycles. The molecule has 0 N–H and O–H groups in total. The van der Waals surface area contributed by atoms with E-state index in [0.29, 0.717) is 0 Å². The molecule has 0 aromatic heterocycles. The van der Waals surface area contributed by atoms with Gasteiger partial charge in [-0.3, -0.25) is 0 Å². The van der Waals surface area contributed by atoms with Crippen molar-refractivity contribution in [1.29, 1.82) is 0 Å². The fraction of sp³-hybridized carbons (Fsp3) is 0.0169. The molecule has 12 aromatic rings. The van der Waals surface area contributed by atoms with Gasteiger partial charge in [0.15, 0.2) is 0 Å². The second kappa shape index (κ2) is 14.4. The van der Waals surface area contributed by atoms with Crippen molar-refractivity contribution >= 4 is 75.4 Å². The summed E-state index contributed by atoms with van der Waals surface area (Å²) in [6.45, 7) is 2.18. The highest BCUT2D eigenvalue weighted by Gasteiger charge is 2.17. The summed E-state index contributed by atoms with van der Waals surface area (Å²) >= 11 is 0. The number of aryl methyl sites for hydroxylation is 1. The Morgan fingerprint density at radius 3 is 1.14 bits per heavy atom. The van der Waals surface area contributed by atoms with Crippen molar-refractivity contribution in [2.24, 2.45) is 0 Å². The van der Waals surface area contributed by atoms with Crippen molar-refractivity contribution in [3.63, 3.8) is 0 Å². The molecule has 0 saturated heterocycles. The van der Waals surface area contributed by atoms with Gasteiger partial charge in [0.2, 0.25) is 0 Å². The van der Waals surface area contributed by atoms with Crippen LogP contribution < -0.4 is 0 Å².